The van der Waals surface area contributed by atoms with Crippen LogP contribution >= 0.6 is 0 Å². The second-order valence-corrected chi connectivity index (χ2v) is 8.39. The van der Waals surface area contributed by atoms with Crippen molar-refractivity contribution >= 4 is 35.0 Å². The van der Waals surface area contributed by atoms with Crippen LogP contribution in [0.4, 0.5) is 21.9 Å². The van der Waals surface area contributed by atoms with Gasteiger partial charge in [0, 0.05) is 24.2 Å². The second kappa shape index (κ2) is 10.9. The Balaban J connectivity index is 1.71. The molecule has 10 heteroatoms. The molecule has 0 radical (unpaired) electrons. The number of hydrogen-bond acceptors (Lipinski definition) is 7. The van der Waals surface area contributed by atoms with Gasteiger partial charge in [0.1, 0.15) is 6.61 Å². The maximum absolute atomic E-state index is 13.7. The van der Waals surface area contributed by atoms with Gasteiger partial charge in [0.05, 0.1) is 28.8 Å². The number of fused-ring (bicyclic) bond motifs is 1. The van der Waals surface area contributed by atoms with Gasteiger partial charge in [-0.05, 0) is 30.7 Å². The van der Waals surface area contributed by atoms with Crippen molar-refractivity contribution in [3.05, 3.63) is 94.0 Å². The Morgan fingerprint density at radius 3 is 2.38 bits per heavy atom. The van der Waals surface area contributed by atoms with Gasteiger partial charge in [-0.2, -0.15) is 0 Å². The van der Waals surface area contributed by atoms with Crippen LogP contribution in [0.2, 0.25) is 0 Å². The highest BCUT2D eigenvalue weighted by Gasteiger charge is 2.38. The Morgan fingerprint density at radius 1 is 1.03 bits per heavy atom. The van der Waals surface area contributed by atoms with Crippen molar-refractivity contribution in [2.75, 3.05) is 23.0 Å². The minimum Gasteiger partial charge on any atom is -0.482 e. The van der Waals surface area contributed by atoms with E-state index in [4.69, 9.17) is 9.47 Å². The minimum absolute atomic E-state index is 0.0121. The number of hydrogen-bond donors (Lipinski definition) is 0. The smallest absolute Gasteiger partial charge is 0.421 e. The summed E-state index contributed by atoms with van der Waals surface area (Å²) in [4.78, 5) is 52.9. The number of nitrogens with zero attached hydrogens (tertiary/aromatic N) is 3. The summed E-state index contributed by atoms with van der Waals surface area (Å²) in [5.74, 6) is -1.79. The summed E-state index contributed by atoms with van der Waals surface area (Å²) >= 11 is 0. The van der Waals surface area contributed by atoms with E-state index in [1.54, 1.807) is 38.1 Å². The van der Waals surface area contributed by atoms with E-state index < -0.39 is 28.7 Å². The first-order chi connectivity index (χ1) is 17.8. The van der Waals surface area contributed by atoms with Crippen molar-refractivity contribution in [3.63, 3.8) is 0 Å². The maximum Gasteiger partial charge on any atom is 0.421 e. The molecule has 0 fully saturated rings. The molecule has 3 amide bonds. The van der Waals surface area contributed by atoms with Crippen LogP contribution in [-0.4, -0.2) is 36.0 Å². The summed E-state index contributed by atoms with van der Waals surface area (Å²) in [6.07, 6.45) is -0.826. The lowest BCUT2D eigenvalue weighted by atomic mass is 10.1. The van der Waals surface area contributed by atoms with Crippen LogP contribution in [-0.2, 0) is 16.1 Å². The van der Waals surface area contributed by atoms with Gasteiger partial charge in [-0.25, -0.2) is 9.69 Å². The van der Waals surface area contributed by atoms with Crippen molar-refractivity contribution in [3.8, 4) is 5.75 Å². The Hall–Kier alpha value is -4.73. The quantitative estimate of drug-likeness (QED) is 0.344. The second-order valence-electron chi connectivity index (χ2n) is 8.39. The normalized spacial score (nSPS) is 15.0. The molecule has 1 aliphatic heterocycles. The van der Waals surface area contributed by atoms with E-state index in [0.717, 1.165) is 10.5 Å². The molecule has 37 heavy (non-hydrogen) atoms. The number of imide groups is 1. The van der Waals surface area contributed by atoms with Gasteiger partial charge < -0.3 is 14.4 Å². The standard InChI is InChI=1S/C27H25N3O7/c1-3-36-27(33)29-22-12-8-7-11-21(22)28(16-18(2)25(29)31)26(32)20-13-14-23(30(34)35)24(15-20)37-17-19-9-5-4-6-10-19/h4-15,18H,3,16-17H2,1-2H3. The molecule has 10 nitrogen and oxygen atoms in total. The number of para-hydroxylation sites is 2. The van der Waals surface area contributed by atoms with Crippen LogP contribution in [0.3, 0.4) is 0 Å². The summed E-state index contributed by atoms with van der Waals surface area (Å²) < 4.78 is 10.8. The van der Waals surface area contributed by atoms with Crippen LogP contribution in [0.15, 0.2) is 72.8 Å². The van der Waals surface area contributed by atoms with Crippen molar-refractivity contribution in [2.24, 2.45) is 5.92 Å². The van der Waals surface area contributed by atoms with Crippen LogP contribution in [0.5, 0.6) is 5.75 Å². The number of carbonyl (C=O) groups is 3. The molecular weight excluding hydrogens is 478 g/mol. The Labute approximate surface area is 213 Å². The predicted molar refractivity (Wildman–Crippen MR) is 136 cm³/mol. The Bertz CT molecular complexity index is 1340. The monoisotopic (exact) mass is 503 g/mol. The highest BCUT2D eigenvalue weighted by molar-refractivity contribution is 6.19. The number of benzene rings is 3. The molecular formula is C27H25N3O7. The van der Waals surface area contributed by atoms with Gasteiger partial charge in [0.2, 0.25) is 5.91 Å². The molecule has 0 bridgehead atoms. The van der Waals surface area contributed by atoms with E-state index in [-0.39, 0.29) is 42.4 Å². The zero-order valence-corrected chi connectivity index (χ0v) is 20.3. The van der Waals surface area contributed by atoms with Gasteiger partial charge in [-0.15, -0.1) is 0 Å². The third kappa shape index (κ3) is 5.27. The van der Waals surface area contributed by atoms with E-state index in [0.29, 0.717) is 5.69 Å². The maximum atomic E-state index is 13.7. The number of nitro benzene ring substituents is 1. The van der Waals surface area contributed by atoms with Gasteiger partial charge >= 0.3 is 11.8 Å². The molecule has 0 saturated heterocycles. The number of rotatable bonds is 6. The zero-order chi connectivity index (χ0) is 26.5. The first kappa shape index (κ1) is 25.4. The van der Waals surface area contributed by atoms with Gasteiger partial charge in [-0.3, -0.25) is 19.7 Å². The third-order valence-electron chi connectivity index (χ3n) is 5.85. The third-order valence-corrected chi connectivity index (χ3v) is 5.85. The lowest BCUT2D eigenvalue weighted by Gasteiger charge is -2.24. The number of anilines is 2. The van der Waals surface area contributed by atoms with Gasteiger partial charge in [0.15, 0.2) is 5.75 Å². The summed E-state index contributed by atoms with van der Waals surface area (Å²) in [6.45, 7) is 3.40. The number of nitro groups is 1. The van der Waals surface area contributed by atoms with Gasteiger partial charge in [0.25, 0.3) is 5.91 Å². The number of amides is 3. The molecule has 190 valence electrons. The van der Waals surface area contributed by atoms with E-state index >= 15 is 0 Å². The van der Waals surface area contributed by atoms with Crippen LogP contribution in [0, 0.1) is 16.0 Å². The summed E-state index contributed by atoms with van der Waals surface area (Å²) in [7, 11) is 0. The van der Waals surface area contributed by atoms with Crippen LogP contribution in [0.25, 0.3) is 0 Å². The van der Waals surface area contributed by atoms with E-state index in [2.05, 4.69) is 0 Å². The average molecular weight is 504 g/mol. The van der Waals surface area contributed by atoms with E-state index in [9.17, 15) is 24.5 Å². The fourth-order valence-electron chi connectivity index (χ4n) is 4.04. The highest BCUT2D eigenvalue weighted by Crippen LogP contribution is 2.36. The lowest BCUT2D eigenvalue weighted by molar-refractivity contribution is -0.385. The van der Waals surface area contributed by atoms with Crippen LogP contribution < -0.4 is 14.5 Å². The van der Waals surface area contributed by atoms with Crippen LogP contribution in [0.1, 0.15) is 29.8 Å². The van der Waals surface area contributed by atoms with Crippen molar-refractivity contribution in [2.45, 2.75) is 20.5 Å². The molecule has 0 aromatic heterocycles. The molecule has 3 aromatic carbocycles. The average Bonchev–Trinajstić information content (AvgIpc) is 3.01. The van der Waals surface area contributed by atoms with E-state index in [1.807, 2.05) is 30.3 Å². The topological polar surface area (TPSA) is 119 Å². The summed E-state index contributed by atoms with van der Waals surface area (Å²) in [6, 6.07) is 19.6. The molecule has 1 unspecified atom stereocenters. The molecule has 0 spiro atoms. The fraction of sp³-hybridized carbons (Fsp3) is 0.222. The first-order valence-electron chi connectivity index (χ1n) is 11.7. The molecule has 1 heterocycles. The van der Waals surface area contributed by atoms with E-state index in [1.165, 1.54) is 23.1 Å². The Kier molecular flexibility index (Phi) is 7.47. The molecule has 0 saturated carbocycles. The molecule has 0 N–H and O–H groups in total. The summed E-state index contributed by atoms with van der Waals surface area (Å²) in [5, 5.41) is 11.6. The van der Waals surface area contributed by atoms with Crippen molar-refractivity contribution < 1.29 is 28.8 Å². The largest absolute Gasteiger partial charge is 0.482 e. The molecule has 1 aliphatic rings. The lowest BCUT2D eigenvalue weighted by Crippen LogP contribution is -2.41. The summed E-state index contributed by atoms with van der Waals surface area (Å²) in [5.41, 5.74) is 1.21. The van der Waals surface area contributed by atoms with Gasteiger partial charge in [-0.1, -0.05) is 49.4 Å². The zero-order valence-electron chi connectivity index (χ0n) is 20.3. The first-order valence-corrected chi connectivity index (χ1v) is 11.7. The molecule has 4 rings (SSSR count). The minimum atomic E-state index is -0.826. The molecule has 3 aromatic rings. The van der Waals surface area contributed by atoms with Crippen molar-refractivity contribution in [1.29, 1.82) is 0 Å². The fourth-order valence-corrected chi connectivity index (χ4v) is 4.04. The highest BCUT2D eigenvalue weighted by atomic mass is 16.6. The molecule has 0 aliphatic carbocycles. The number of carbonyl (C=O) groups excluding carboxylic acids is 3. The molecule has 1 atom stereocenters. The Morgan fingerprint density at radius 2 is 1.70 bits per heavy atom. The van der Waals surface area contributed by atoms with Crippen molar-refractivity contribution in [1.82, 2.24) is 0 Å². The number of ether oxygens (including phenoxy) is 2. The predicted octanol–water partition coefficient (Wildman–Crippen LogP) is 4.96. The SMILES string of the molecule is CCOC(=O)N1C(=O)C(C)CN(C(=O)c2ccc([N+](=O)[O-])c(OCc3ccccc3)c2)c2ccccc21.